The lowest BCUT2D eigenvalue weighted by Crippen LogP contribution is -2.55. The molecule has 1 aromatic carbocycles. The lowest BCUT2D eigenvalue weighted by molar-refractivity contribution is -0.127. The summed E-state index contributed by atoms with van der Waals surface area (Å²) in [6.07, 6.45) is 6.00. The van der Waals surface area contributed by atoms with Crippen molar-refractivity contribution in [3.63, 3.8) is 0 Å². The number of nitrogens with one attached hydrogen (secondary N) is 1. The monoisotopic (exact) mass is 343 g/mol. The zero-order valence-corrected chi connectivity index (χ0v) is 14.4. The molecule has 3 N–H and O–H groups in total. The number of hydrogen-bond acceptors (Lipinski definition) is 4. The maximum absolute atomic E-state index is 12.2. The van der Waals surface area contributed by atoms with Crippen LogP contribution in [0.3, 0.4) is 0 Å². The van der Waals surface area contributed by atoms with Gasteiger partial charge in [-0.25, -0.2) is 0 Å². The van der Waals surface area contributed by atoms with Crippen molar-refractivity contribution in [1.82, 2.24) is 10.2 Å². The summed E-state index contributed by atoms with van der Waals surface area (Å²) >= 11 is 0. The van der Waals surface area contributed by atoms with E-state index in [-0.39, 0.29) is 17.7 Å². The van der Waals surface area contributed by atoms with Crippen LogP contribution in [0.15, 0.2) is 24.3 Å². The Balaban J connectivity index is 1.42. The van der Waals surface area contributed by atoms with Gasteiger partial charge in [-0.3, -0.25) is 19.3 Å². The molecule has 1 fully saturated rings. The molecule has 2 aliphatic rings. The molecular formula is C19H25N3O3. The van der Waals surface area contributed by atoms with E-state index >= 15 is 0 Å². The van der Waals surface area contributed by atoms with E-state index in [1.165, 1.54) is 4.90 Å². The van der Waals surface area contributed by atoms with Gasteiger partial charge < -0.3 is 11.1 Å². The van der Waals surface area contributed by atoms with Crippen LogP contribution in [-0.4, -0.2) is 41.2 Å². The van der Waals surface area contributed by atoms with E-state index in [1.807, 2.05) is 0 Å². The van der Waals surface area contributed by atoms with Crippen LogP contribution in [0.5, 0.6) is 0 Å². The second-order valence-electron chi connectivity index (χ2n) is 6.99. The molecule has 0 saturated heterocycles. The van der Waals surface area contributed by atoms with Gasteiger partial charge in [0.05, 0.1) is 16.7 Å². The molecule has 0 aromatic heterocycles. The molecule has 0 bridgehead atoms. The van der Waals surface area contributed by atoms with Gasteiger partial charge >= 0.3 is 0 Å². The Hall–Kier alpha value is -2.21. The standard InChI is InChI=1S/C19H25N3O3/c20-19(10-4-1-5-11-19)18(25)21-12-6-7-13-22-16(23)14-8-2-3-9-15(14)17(22)24/h2-3,8-9H,1,4-7,10-13,20H2,(H,21,25). The summed E-state index contributed by atoms with van der Waals surface area (Å²) in [5, 5.41) is 2.91. The molecule has 3 amide bonds. The van der Waals surface area contributed by atoms with E-state index in [0.717, 1.165) is 32.1 Å². The highest BCUT2D eigenvalue weighted by atomic mass is 16.2. The minimum absolute atomic E-state index is 0.0760. The lowest BCUT2D eigenvalue weighted by Gasteiger charge is -2.31. The number of rotatable bonds is 6. The summed E-state index contributed by atoms with van der Waals surface area (Å²) in [5.74, 6) is -0.534. The topological polar surface area (TPSA) is 92.5 Å². The minimum atomic E-state index is -0.721. The van der Waals surface area contributed by atoms with Crippen molar-refractivity contribution in [3.8, 4) is 0 Å². The van der Waals surface area contributed by atoms with Crippen molar-refractivity contribution in [1.29, 1.82) is 0 Å². The van der Waals surface area contributed by atoms with Crippen LogP contribution in [0.25, 0.3) is 0 Å². The van der Waals surface area contributed by atoms with E-state index in [2.05, 4.69) is 5.32 Å². The fraction of sp³-hybridized carbons (Fsp3) is 0.526. The first-order valence-electron chi connectivity index (χ1n) is 9.05. The number of hydrogen-bond donors (Lipinski definition) is 2. The quantitative estimate of drug-likeness (QED) is 0.609. The molecule has 6 nitrogen and oxygen atoms in total. The van der Waals surface area contributed by atoms with Crippen molar-refractivity contribution in [2.24, 2.45) is 5.73 Å². The van der Waals surface area contributed by atoms with Crippen LogP contribution in [0.2, 0.25) is 0 Å². The Morgan fingerprint density at radius 2 is 1.64 bits per heavy atom. The van der Waals surface area contributed by atoms with E-state index in [9.17, 15) is 14.4 Å². The van der Waals surface area contributed by atoms with Crippen LogP contribution >= 0.6 is 0 Å². The minimum Gasteiger partial charge on any atom is -0.355 e. The second kappa shape index (κ2) is 7.35. The fourth-order valence-corrected chi connectivity index (χ4v) is 3.62. The third-order valence-corrected chi connectivity index (χ3v) is 5.17. The molecule has 0 unspecified atom stereocenters. The summed E-state index contributed by atoms with van der Waals surface area (Å²) in [6, 6.07) is 6.88. The molecule has 0 radical (unpaired) electrons. The van der Waals surface area contributed by atoms with Gasteiger partial charge in [0.2, 0.25) is 5.91 Å². The number of fused-ring (bicyclic) bond motifs is 1. The van der Waals surface area contributed by atoms with Gasteiger partial charge in [-0.05, 0) is 37.8 Å². The second-order valence-corrected chi connectivity index (χ2v) is 6.99. The highest BCUT2D eigenvalue weighted by Gasteiger charge is 2.35. The van der Waals surface area contributed by atoms with Crippen molar-refractivity contribution in [3.05, 3.63) is 35.4 Å². The average Bonchev–Trinajstić information content (AvgIpc) is 2.87. The number of carbonyl (C=O) groups is 3. The zero-order chi connectivity index (χ0) is 17.9. The Kier molecular flexibility index (Phi) is 5.18. The van der Waals surface area contributed by atoms with Crippen molar-refractivity contribution >= 4 is 17.7 Å². The predicted molar refractivity (Wildman–Crippen MR) is 94.1 cm³/mol. The van der Waals surface area contributed by atoms with Crippen LogP contribution < -0.4 is 11.1 Å². The first-order chi connectivity index (χ1) is 12.0. The summed E-state index contributed by atoms with van der Waals surface area (Å²) < 4.78 is 0. The molecule has 1 aromatic rings. The number of nitrogens with zero attached hydrogens (tertiary/aromatic N) is 1. The SMILES string of the molecule is NC1(C(=O)NCCCCN2C(=O)c3ccccc3C2=O)CCCCC1. The van der Waals surface area contributed by atoms with Crippen molar-refractivity contribution in [2.75, 3.05) is 13.1 Å². The summed E-state index contributed by atoms with van der Waals surface area (Å²) in [7, 11) is 0. The molecular weight excluding hydrogens is 318 g/mol. The number of nitrogens with two attached hydrogens (primary N) is 1. The maximum Gasteiger partial charge on any atom is 0.261 e. The molecule has 1 aliphatic carbocycles. The Labute approximate surface area is 147 Å². The Bertz CT molecular complexity index is 645. The van der Waals surface area contributed by atoms with Gasteiger partial charge in [0.15, 0.2) is 0 Å². The van der Waals surface area contributed by atoms with Crippen LogP contribution in [0.4, 0.5) is 0 Å². The summed E-state index contributed by atoms with van der Waals surface area (Å²) in [4.78, 5) is 38.0. The van der Waals surface area contributed by atoms with Crippen LogP contribution in [0.1, 0.15) is 65.7 Å². The van der Waals surface area contributed by atoms with E-state index < -0.39 is 5.54 Å². The summed E-state index contributed by atoms with van der Waals surface area (Å²) in [6.45, 7) is 0.886. The third-order valence-electron chi connectivity index (χ3n) is 5.17. The Morgan fingerprint density at radius 3 is 2.24 bits per heavy atom. The number of benzene rings is 1. The molecule has 0 atom stereocenters. The van der Waals surface area contributed by atoms with Gasteiger partial charge in [-0.2, -0.15) is 0 Å². The van der Waals surface area contributed by atoms with E-state index in [4.69, 9.17) is 5.73 Å². The molecule has 3 rings (SSSR count). The molecule has 1 heterocycles. The average molecular weight is 343 g/mol. The van der Waals surface area contributed by atoms with Crippen LogP contribution in [-0.2, 0) is 4.79 Å². The Morgan fingerprint density at radius 1 is 1.04 bits per heavy atom. The predicted octanol–water partition coefficient (Wildman–Crippen LogP) is 1.84. The maximum atomic E-state index is 12.2. The van der Waals surface area contributed by atoms with Gasteiger partial charge in [0.1, 0.15) is 0 Å². The van der Waals surface area contributed by atoms with Crippen LogP contribution in [0, 0.1) is 0 Å². The van der Waals surface area contributed by atoms with Gasteiger partial charge in [0.25, 0.3) is 11.8 Å². The molecule has 0 spiro atoms. The smallest absolute Gasteiger partial charge is 0.261 e. The van der Waals surface area contributed by atoms with E-state index in [1.54, 1.807) is 24.3 Å². The summed E-state index contributed by atoms with van der Waals surface area (Å²) in [5.41, 5.74) is 6.42. The van der Waals surface area contributed by atoms with E-state index in [0.29, 0.717) is 37.1 Å². The van der Waals surface area contributed by atoms with Gasteiger partial charge in [-0.15, -0.1) is 0 Å². The normalized spacial score (nSPS) is 19.0. The highest BCUT2D eigenvalue weighted by Crippen LogP contribution is 2.26. The first kappa shape index (κ1) is 17.6. The highest BCUT2D eigenvalue weighted by molar-refractivity contribution is 6.21. The molecule has 1 aliphatic heterocycles. The first-order valence-corrected chi connectivity index (χ1v) is 9.05. The number of carbonyl (C=O) groups excluding carboxylic acids is 3. The lowest BCUT2D eigenvalue weighted by atomic mass is 9.82. The molecule has 6 heteroatoms. The zero-order valence-electron chi connectivity index (χ0n) is 14.4. The fourth-order valence-electron chi connectivity index (χ4n) is 3.62. The van der Waals surface area contributed by atoms with Gasteiger partial charge in [0, 0.05) is 13.1 Å². The molecule has 25 heavy (non-hydrogen) atoms. The molecule has 1 saturated carbocycles. The third kappa shape index (κ3) is 3.58. The largest absolute Gasteiger partial charge is 0.355 e. The van der Waals surface area contributed by atoms with Crippen molar-refractivity contribution < 1.29 is 14.4 Å². The van der Waals surface area contributed by atoms with Gasteiger partial charge in [-0.1, -0.05) is 31.4 Å². The molecule has 134 valence electrons. The van der Waals surface area contributed by atoms with Crippen molar-refractivity contribution in [2.45, 2.75) is 50.5 Å². The number of imide groups is 1. The number of unbranched alkanes of at least 4 members (excludes halogenated alkanes) is 1. The number of amides is 3.